The van der Waals surface area contributed by atoms with E-state index in [2.05, 4.69) is 9.62 Å². The first-order chi connectivity index (χ1) is 12.0. The van der Waals surface area contributed by atoms with E-state index in [0.717, 1.165) is 42.9 Å². The Labute approximate surface area is 152 Å². The number of piperidine rings is 1. The van der Waals surface area contributed by atoms with Crippen molar-refractivity contribution in [2.75, 3.05) is 20.1 Å². The Kier molecular flexibility index (Phi) is 5.68. The van der Waals surface area contributed by atoms with Gasteiger partial charge in [-0.3, -0.25) is 9.69 Å². The molecule has 134 valence electrons. The summed E-state index contributed by atoms with van der Waals surface area (Å²) in [6.45, 7) is 2.45. The van der Waals surface area contributed by atoms with E-state index in [0.29, 0.717) is 0 Å². The predicted molar refractivity (Wildman–Crippen MR) is 99.3 cm³/mol. The molecule has 0 radical (unpaired) electrons. The quantitative estimate of drug-likeness (QED) is 0.785. The lowest BCUT2D eigenvalue weighted by Gasteiger charge is -2.31. The van der Waals surface area contributed by atoms with Gasteiger partial charge in [-0.05, 0) is 55.6 Å². The first-order valence-corrected chi connectivity index (χ1v) is 10.7. The van der Waals surface area contributed by atoms with Gasteiger partial charge in [0.2, 0.25) is 10.0 Å². The van der Waals surface area contributed by atoms with E-state index in [1.807, 2.05) is 29.6 Å². The van der Waals surface area contributed by atoms with Crippen LogP contribution in [0, 0.1) is 5.92 Å². The minimum Gasteiger partial charge on any atom is -0.298 e. The fourth-order valence-corrected chi connectivity index (χ4v) is 4.66. The molecule has 0 spiro atoms. The van der Waals surface area contributed by atoms with Crippen molar-refractivity contribution in [3.8, 4) is 0 Å². The van der Waals surface area contributed by atoms with Crippen LogP contribution in [-0.4, -0.2) is 39.2 Å². The molecule has 0 aliphatic carbocycles. The Hall–Kier alpha value is -1.54. The molecule has 2 aromatic rings. The van der Waals surface area contributed by atoms with Crippen LogP contribution < -0.4 is 4.72 Å². The Bertz CT molecular complexity index is 815. The van der Waals surface area contributed by atoms with Crippen LogP contribution in [0.15, 0.2) is 46.7 Å². The van der Waals surface area contributed by atoms with Crippen LogP contribution in [-0.2, 0) is 16.6 Å². The fourth-order valence-electron chi connectivity index (χ4n) is 3.18. The number of hydrogen-bond acceptors (Lipinski definition) is 5. The van der Waals surface area contributed by atoms with Crippen molar-refractivity contribution >= 4 is 27.1 Å². The van der Waals surface area contributed by atoms with Gasteiger partial charge in [-0.2, -0.15) is 0 Å². The number of nitrogens with zero attached hydrogens (tertiary/aromatic N) is 1. The van der Waals surface area contributed by atoms with E-state index < -0.39 is 10.0 Å². The summed E-state index contributed by atoms with van der Waals surface area (Å²) in [6, 6.07) is 10.7. The molecule has 1 aromatic carbocycles. The molecule has 1 aromatic heterocycles. The molecular formula is C18H22N2O3S2. The number of sulfonamides is 1. The third-order valence-electron chi connectivity index (χ3n) is 4.55. The van der Waals surface area contributed by atoms with Gasteiger partial charge in [0.15, 0.2) is 5.78 Å². The Morgan fingerprint density at radius 3 is 2.68 bits per heavy atom. The van der Waals surface area contributed by atoms with E-state index in [9.17, 15) is 13.2 Å². The molecule has 0 amide bonds. The summed E-state index contributed by atoms with van der Waals surface area (Å²) in [7, 11) is -2.00. The highest BCUT2D eigenvalue weighted by Gasteiger charge is 2.27. The van der Waals surface area contributed by atoms with Crippen molar-refractivity contribution in [1.82, 2.24) is 9.62 Å². The molecule has 5 nitrogen and oxygen atoms in total. The van der Waals surface area contributed by atoms with E-state index in [1.54, 1.807) is 12.1 Å². The van der Waals surface area contributed by atoms with Gasteiger partial charge in [0.05, 0.1) is 9.77 Å². The molecule has 1 saturated heterocycles. The van der Waals surface area contributed by atoms with Crippen molar-refractivity contribution in [1.29, 1.82) is 0 Å². The average Bonchev–Trinajstić information content (AvgIpc) is 3.16. The molecule has 0 saturated carbocycles. The first kappa shape index (κ1) is 18.3. The third-order valence-corrected chi connectivity index (χ3v) is 6.86. The summed E-state index contributed by atoms with van der Waals surface area (Å²) < 4.78 is 25.9. The molecule has 1 fully saturated rings. The second kappa shape index (κ2) is 7.78. The predicted octanol–water partition coefficient (Wildman–Crippen LogP) is 2.75. The maximum Gasteiger partial charge on any atom is 0.240 e. The number of likely N-dealkylation sites (tertiary alicyclic amines) is 1. The fraction of sp³-hybridized carbons (Fsp3) is 0.389. The molecule has 7 heteroatoms. The number of hydrogen-bond donors (Lipinski definition) is 1. The zero-order valence-corrected chi connectivity index (χ0v) is 15.8. The lowest BCUT2D eigenvalue weighted by Crippen LogP contribution is -2.38. The Balaban J connectivity index is 1.64. The van der Waals surface area contributed by atoms with E-state index in [4.69, 9.17) is 0 Å². The summed E-state index contributed by atoms with van der Waals surface area (Å²) in [5.74, 6) is 0.298. The van der Waals surface area contributed by atoms with Gasteiger partial charge in [-0.15, -0.1) is 11.3 Å². The number of ketones is 1. The molecule has 25 heavy (non-hydrogen) atoms. The van der Waals surface area contributed by atoms with Gasteiger partial charge < -0.3 is 0 Å². The topological polar surface area (TPSA) is 66.5 Å². The Morgan fingerprint density at radius 1 is 1.28 bits per heavy atom. The average molecular weight is 379 g/mol. The maximum absolute atomic E-state index is 12.6. The number of thiophene rings is 1. The summed E-state index contributed by atoms with van der Waals surface area (Å²) in [5.41, 5.74) is 1.05. The van der Waals surface area contributed by atoms with Gasteiger partial charge in [0.25, 0.3) is 0 Å². The second-order valence-electron chi connectivity index (χ2n) is 6.27. The monoisotopic (exact) mass is 378 g/mol. The van der Waals surface area contributed by atoms with Crippen LogP contribution in [0.25, 0.3) is 0 Å². The van der Waals surface area contributed by atoms with Crippen molar-refractivity contribution in [2.24, 2.45) is 5.92 Å². The van der Waals surface area contributed by atoms with Crippen LogP contribution in [0.3, 0.4) is 0 Å². The molecule has 1 N–H and O–H groups in total. The van der Waals surface area contributed by atoms with Gasteiger partial charge >= 0.3 is 0 Å². The molecule has 1 atom stereocenters. The lowest BCUT2D eigenvalue weighted by molar-refractivity contribution is 0.0816. The minimum absolute atomic E-state index is 0.0522. The van der Waals surface area contributed by atoms with Gasteiger partial charge in [0.1, 0.15) is 0 Å². The van der Waals surface area contributed by atoms with Gasteiger partial charge in [-0.25, -0.2) is 13.1 Å². The van der Waals surface area contributed by atoms with Gasteiger partial charge in [-0.1, -0.05) is 18.2 Å². The molecular weight excluding hydrogens is 356 g/mol. The van der Waals surface area contributed by atoms with Crippen LogP contribution in [0.5, 0.6) is 0 Å². The summed E-state index contributed by atoms with van der Waals surface area (Å²) in [4.78, 5) is 15.9. The lowest BCUT2D eigenvalue weighted by atomic mass is 9.92. The Morgan fingerprint density at radius 2 is 2.04 bits per heavy atom. The highest BCUT2D eigenvalue weighted by atomic mass is 32.2. The van der Waals surface area contributed by atoms with Crippen LogP contribution in [0.2, 0.25) is 0 Å². The molecule has 1 aliphatic rings. The largest absolute Gasteiger partial charge is 0.298 e. The number of rotatable bonds is 6. The maximum atomic E-state index is 12.6. The number of Topliss-reactive ketones (excluding diaryl/α,β-unsaturated/α-hetero) is 1. The molecule has 2 heterocycles. The first-order valence-electron chi connectivity index (χ1n) is 8.32. The number of nitrogens with one attached hydrogen (secondary N) is 1. The van der Waals surface area contributed by atoms with E-state index in [-0.39, 0.29) is 16.6 Å². The molecule has 0 unspecified atom stereocenters. The summed E-state index contributed by atoms with van der Waals surface area (Å²) in [5, 5.41) is 1.94. The van der Waals surface area contributed by atoms with Crippen molar-refractivity contribution < 1.29 is 13.2 Å². The molecule has 0 bridgehead atoms. The highest BCUT2D eigenvalue weighted by Crippen LogP contribution is 2.24. The van der Waals surface area contributed by atoms with Gasteiger partial charge in [0, 0.05) is 19.0 Å². The third kappa shape index (κ3) is 4.36. The molecule has 3 rings (SSSR count). The standard InChI is InChI=1S/C18H22N2O3S2/c1-19-25(22,23)16-8-6-14(7-9-16)12-20-10-2-4-15(13-20)18(21)17-5-3-11-24-17/h3,5-9,11,15,19H,2,4,10,12-13H2,1H3/t15-/m0/s1. The van der Waals surface area contributed by atoms with Crippen LogP contribution >= 0.6 is 11.3 Å². The van der Waals surface area contributed by atoms with Crippen LogP contribution in [0.4, 0.5) is 0 Å². The van der Waals surface area contributed by atoms with Crippen molar-refractivity contribution in [2.45, 2.75) is 24.3 Å². The van der Waals surface area contributed by atoms with E-state index in [1.165, 1.54) is 18.4 Å². The van der Waals surface area contributed by atoms with Crippen molar-refractivity contribution in [3.63, 3.8) is 0 Å². The van der Waals surface area contributed by atoms with Crippen LogP contribution in [0.1, 0.15) is 28.1 Å². The van der Waals surface area contributed by atoms with E-state index >= 15 is 0 Å². The zero-order chi connectivity index (χ0) is 17.9. The summed E-state index contributed by atoms with van der Waals surface area (Å²) in [6.07, 6.45) is 1.95. The summed E-state index contributed by atoms with van der Waals surface area (Å²) >= 11 is 1.51. The number of carbonyl (C=O) groups is 1. The second-order valence-corrected chi connectivity index (χ2v) is 9.10. The molecule has 1 aliphatic heterocycles. The normalized spacial score (nSPS) is 19.0. The highest BCUT2D eigenvalue weighted by molar-refractivity contribution is 7.89. The minimum atomic E-state index is -3.40. The number of carbonyl (C=O) groups excluding carboxylic acids is 1. The SMILES string of the molecule is CNS(=O)(=O)c1ccc(CN2CCC[C@H](C(=O)c3cccs3)C2)cc1. The number of benzene rings is 1. The smallest absolute Gasteiger partial charge is 0.240 e. The zero-order valence-electron chi connectivity index (χ0n) is 14.1. The van der Waals surface area contributed by atoms with Crippen molar-refractivity contribution in [3.05, 3.63) is 52.2 Å².